The number of hydrogen-bond donors (Lipinski definition) is 1. The van der Waals surface area contributed by atoms with Gasteiger partial charge in [0.05, 0.1) is 12.4 Å². The molecule has 0 aliphatic carbocycles. The number of carboxylic acids is 1. The van der Waals surface area contributed by atoms with E-state index in [1.165, 1.54) is 10.7 Å². The van der Waals surface area contributed by atoms with Crippen LogP contribution in [0.5, 0.6) is 5.88 Å². The Bertz CT molecular complexity index is 659. The molecule has 0 atom stereocenters. The average molecular weight is 362 g/mol. The van der Waals surface area contributed by atoms with Gasteiger partial charge in [-0.25, -0.2) is 9.48 Å². The van der Waals surface area contributed by atoms with Crippen LogP contribution in [0.1, 0.15) is 43.6 Å². The Morgan fingerprint density at radius 2 is 2.08 bits per heavy atom. The van der Waals surface area contributed by atoms with Crippen LogP contribution in [-0.2, 0) is 16.1 Å². The normalized spacial score (nSPS) is 12.0. The van der Waals surface area contributed by atoms with Crippen LogP contribution in [-0.4, -0.2) is 40.4 Å². The second-order valence-corrected chi connectivity index (χ2v) is 5.30. The SMILES string of the molecule is CCCO/C(=C/CC=C/C=C/COc1cc(C(=O)O)nn1CC=O)CC. The molecule has 1 N–H and O–H groups in total. The van der Waals surface area contributed by atoms with E-state index in [1.807, 2.05) is 18.2 Å². The lowest BCUT2D eigenvalue weighted by molar-refractivity contribution is -0.108. The summed E-state index contributed by atoms with van der Waals surface area (Å²) in [6.07, 6.45) is 12.9. The molecule has 0 unspecified atom stereocenters. The van der Waals surface area contributed by atoms with Crippen molar-refractivity contribution in [3.05, 3.63) is 47.9 Å². The van der Waals surface area contributed by atoms with E-state index in [9.17, 15) is 9.59 Å². The number of carbonyl (C=O) groups is 2. The first kappa shape index (κ1) is 21.2. The van der Waals surface area contributed by atoms with Gasteiger partial charge in [-0.15, -0.1) is 0 Å². The van der Waals surface area contributed by atoms with Gasteiger partial charge in [0.2, 0.25) is 5.88 Å². The van der Waals surface area contributed by atoms with Crippen molar-refractivity contribution in [2.45, 2.75) is 39.7 Å². The third-order valence-electron chi connectivity index (χ3n) is 3.24. The third kappa shape index (κ3) is 7.83. The van der Waals surface area contributed by atoms with Crippen LogP contribution in [0.2, 0.25) is 0 Å². The highest BCUT2D eigenvalue weighted by Crippen LogP contribution is 2.13. The van der Waals surface area contributed by atoms with Gasteiger partial charge in [0.1, 0.15) is 19.4 Å². The van der Waals surface area contributed by atoms with E-state index >= 15 is 0 Å². The maximum absolute atomic E-state index is 10.9. The minimum Gasteiger partial charge on any atom is -0.498 e. The number of carbonyl (C=O) groups excluding carboxylic acids is 1. The minimum atomic E-state index is -1.17. The van der Waals surface area contributed by atoms with Gasteiger partial charge in [-0.3, -0.25) is 0 Å². The molecule has 0 aliphatic rings. The standard InChI is InChI=1S/C19H26N2O5/c1-3-13-25-16(4-2)10-8-6-5-7-9-14-26-18-15-17(19(23)24)20-21(18)11-12-22/h5-7,9-10,12,15H,3-4,8,11,13-14H2,1-2H3,(H,23,24)/b6-5?,9-7+,16-10+. The van der Waals surface area contributed by atoms with Crippen molar-refractivity contribution in [2.75, 3.05) is 13.2 Å². The van der Waals surface area contributed by atoms with Crippen molar-refractivity contribution in [1.29, 1.82) is 0 Å². The second kappa shape index (κ2) is 12.5. The molecule has 0 saturated heterocycles. The lowest BCUT2D eigenvalue weighted by Crippen LogP contribution is -2.07. The predicted molar refractivity (Wildman–Crippen MR) is 98.3 cm³/mol. The van der Waals surface area contributed by atoms with Crippen LogP contribution in [0, 0.1) is 0 Å². The number of aromatic carboxylic acids is 1. The molecular weight excluding hydrogens is 336 g/mol. The van der Waals surface area contributed by atoms with E-state index in [0.29, 0.717) is 6.29 Å². The zero-order chi connectivity index (χ0) is 19.2. The van der Waals surface area contributed by atoms with Gasteiger partial charge in [-0.05, 0) is 25.0 Å². The summed E-state index contributed by atoms with van der Waals surface area (Å²) in [6.45, 7) is 5.06. The highest BCUT2D eigenvalue weighted by atomic mass is 16.5. The molecule has 1 aromatic heterocycles. The fourth-order valence-electron chi connectivity index (χ4n) is 1.98. The molecule has 0 radical (unpaired) electrons. The highest BCUT2D eigenvalue weighted by Gasteiger charge is 2.13. The number of rotatable bonds is 13. The Balaban J connectivity index is 2.44. The molecule has 142 valence electrons. The van der Waals surface area contributed by atoms with Crippen molar-refractivity contribution >= 4 is 12.3 Å². The summed E-state index contributed by atoms with van der Waals surface area (Å²) < 4.78 is 12.3. The molecule has 0 aliphatic heterocycles. The molecular formula is C19H26N2O5. The molecule has 0 bridgehead atoms. The maximum Gasteiger partial charge on any atom is 0.356 e. The summed E-state index contributed by atoms with van der Waals surface area (Å²) in [5.74, 6) is 0.0774. The first-order valence-corrected chi connectivity index (χ1v) is 8.63. The lowest BCUT2D eigenvalue weighted by Gasteiger charge is -2.06. The van der Waals surface area contributed by atoms with E-state index in [0.717, 1.165) is 31.6 Å². The molecule has 0 amide bonds. The Labute approximate surface area is 153 Å². The van der Waals surface area contributed by atoms with Gasteiger partial charge in [0.15, 0.2) is 5.69 Å². The van der Waals surface area contributed by atoms with Gasteiger partial charge in [0.25, 0.3) is 0 Å². The number of ether oxygens (including phenoxy) is 2. The zero-order valence-corrected chi connectivity index (χ0v) is 15.3. The predicted octanol–water partition coefficient (Wildman–Crippen LogP) is 3.38. The number of allylic oxidation sites excluding steroid dienone is 5. The van der Waals surface area contributed by atoms with Crippen LogP contribution < -0.4 is 4.74 Å². The van der Waals surface area contributed by atoms with Crippen LogP contribution >= 0.6 is 0 Å². The molecule has 26 heavy (non-hydrogen) atoms. The summed E-state index contributed by atoms with van der Waals surface area (Å²) in [7, 11) is 0. The van der Waals surface area contributed by atoms with E-state index in [2.05, 4.69) is 25.0 Å². The van der Waals surface area contributed by atoms with Crippen molar-refractivity contribution < 1.29 is 24.2 Å². The van der Waals surface area contributed by atoms with Gasteiger partial charge in [0, 0.05) is 12.5 Å². The molecule has 7 heteroatoms. The Morgan fingerprint density at radius 3 is 2.73 bits per heavy atom. The summed E-state index contributed by atoms with van der Waals surface area (Å²) in [4.78, 5) is 21.5. The molecule has 0 spiro atoms. The summed E-state index contributed by atoms with van der Waals surface area (Å²) >= 11 is 0. The van der Waals surface area contributed by atoms with E-state index in [1.54, 1.807) is 6.08 Å². The van der Waals surface area contributed by atoms with E-state index < -0.39 is 5.97 Å². The highest BCUT2D eigenvalue weighted by molar-refractivity contribution is 5.85. The zero-order valence-electron chi connectivity index (χ0n) is 15.3. The van der Waals surface area contributed by atoms with Crippen LogP contribution in [0.25, 0.3) is 0 Å². The Hall–Kier alpha value is -2.83. The van der Waals surface area contributed by atoms with E-state index in [-0.39, 0.29) is 24.7 Å². The first-order chi connectivity index (χ1) is 12.6. The van der Waals surface area contributed by atoms with Crippen molar-refractivity contribution in [3.63, 3.8) is 0 Å². The molecule has 1 rings (SSSR count). The Kier molecular flexibility index (Phi) is 10.2. The molecule has 0 fully saturated rings. The van der Waals surface area contributed by atoms with Crippen LogP contribution in [0.4, 0.5) is 0 Å². The summed E-state index contributed by atoms with van der Waals surface area (Å²) in [5.41, 5.74) is -0.158. The number of nitrogens with zero attached hydrogens (tertiary/aromatic N) is 2. The summed E-state index contributed by atoms with van der Waals surface area (Å²) in [5, 5.41) is 12.7. The molecule has 1 aromatic rings. The van der Waals surface area contributed by atoms with Crippen molar-refractivity contribution in [1.82, 2.24) is 9.78 Å². The summed E-state index contributed by atoms with van der Waals surface area (Å²) in [6, 6.07) is 1.29. The molecule has 1 heterocycles. The van der Waals surface area contributed by atoms with Crippen molar-refractivity contribution in [3.8, 4) is 5.88 Å². The van der Waals surface area contributed by atoms with Gasteiger partial charge in [-0.1, -0.05) is 32.1 Å². The maximum atomic E-state index is 10.9. The lowest BCUT2D eigenvalue weighted by atomic mass is 10.3. The smallest absolute Gasteiger partial charge is 0.356 e. The number of carboxylic acid groups (broad SMARTS) is 1. The molecule has 0 aromatic carbocycles. The van der Waals surface area contributed by atoms with Crippen molar-refractivity contribution in [2.24, 2.45) is 0 Å². The van der Waals surface area contributed by atoms with Gasteiger partial charge >= 0.3 is 5.97 Å². The fourth-order valence-corrected chi connectivity index (χ4v) is 1.98. The Morgan fingerprint density at radius 1 is 1.31 bits per heavy atom. The number of aromatic nitrogens is 2. The number of aldehydes is 1. The fraction of sp³-hybridized carbons (Fsp3) is 0.421. The van der Waals surface area contributed by atoms with E-state index in [4.69, 9.17) is 14.6 Å². The van der Waals surface area contributed by atoms with Gasteiger partial charge in [-0.2, -0.15) is 5.10 Å². The quantitative estimate of drug-likeness (QED) is 0.329. The van der Waals surface area contributed by atoms with Gasteiger partial charge < -0.3 is 19.4 Å². The van der Waals surface area contributed by atoms with Crippen LogP contribution in [0.3, 0.4) is 0 Å². The third-order valence-corrected chi connectivity index (χ3v) is 3.24. The average Bonchev–Trinajstić information content (AvgIpc) is 3.03. The minimum absolute atomic E-state index is 0.0571. The largest absolute Gasteiger partial charge is 0.498 e. The first-order valence-electron chi connectivity index (χ1n) is 8.63. The monoisotopic (exact) mass is 362 g/mol. The molecule has 7 nitrogen and oxygen atoms in total. The second-order valence-electron chi connectivity index (χ2n) is 5.30. The molecule has 0 saturated carbocycles. The van der Waals surface area contributed by atoms with Crippen LogP contribution in [0.15, 0.2) is 42.2 Å². The topological polar surface area (TPSA) is 90.7 Å². The number of hydrogen-bond acceptors (Lipinski definition) is 5.